The van der Waals surface area contributed by atoms with Crippen molar-refractivity contribution < 1.29 is 19.4 Å². The number of hydrogen-bond donors (Lipinski definition) is 2. The molecule has 1 aliphatic heterocycles. The Bertz CT molecular complexity index is 452. The number of nitrogens with one attached hydrogen (secondary N) is 1. The van der Waals surface area contributed by atoms with Gasteiger partial charge in [0.05, 0.1) is 5.56 Å². The molecule has 0 aromatic heterocycles. The highest BCUT2D eigenvalue weighted by atomic mass is 16.5. The third kappa shape index (κ3) is 3.07. The molecule has 0 bridgehead atoms. The smallest absolute Gasteiger partial charge is 0.335 e. The summed E-state index contributed by atoms with van der Waals surface area (Å²) in [6.07, 6.45) is 1.31. The van der Waals surface area contributed by atoms with Gasteiger partial charge in [0.1, 0.15) is 6.10 Å². The van der Waals surface area contributed by atoms with E-state index in [0.717, 1.165) is 18.4 Å². The standard InChI is InChI=1S/C13H15NO4/c15-12(11-5-2-6-18-11)14-8-9-3-1-4-10(7-9)13(16)17/h1,3-4,7,11H,2,5-6,8H2,(H,14,15)(H,16,17)/t11-/m0/s1. The van der Waals surface area contributed by atoms with Crippen LogP contribution in [0.4, 0.5) is 0 Å². The molecule has 96 valence electrons. The van der Waals surface area contributed by atoms with Crippen LogP contribution in [0, 0.1) is 0 Å². The van der Waals surface area contributed by atoms with Gasteiger partial charge in [-0.05, 0) is 30.5 Å². The van der Waals surface area contributed by atoms with Crippen LogP contribution in [-0.2, 0) is 16.1 Å². The third-order valence-corrected chi connectivity index (χ3v) is 2.86. The molecule has 2 N–H and O–H groups in total. The molecule has 0 saturated carbocycles. The summed E-state index contributed by atoms with van der Waals surface area (Å²) >= 11 is 0. The summed E-state index contributed by atoms with van der Waals surface area (Å²) in [6, 6.07) is 6.52. The van der Waals surface area contributed by atoms with E-state index in [1.165, 1.54) is 6.07 Å². The molecule has 0 spiro atoms. The highest BCUT2D eigenvalue weighted by molar-refractivity contribution is 5.87. The first-order valence-electron chi connectivity index (χ1n) is 5.88. The van der Waals surface area contributed by atoms with Gasteiger partial charge in [-0.3, -0.25) is 4.79 Å². The molecule has 1 atom stereocenters. The van der Waals surface area contributed by atoms with E-state index in [1.54, 1.807) is 18.2 Å². The van der Waals surface area contributed by atoms with Crippen LogP contribution in [0.25, 0.3) is 0 Å². The molecule has 1 saturated heterocycles. The van der Waals surface area contributed by atoms with Gasteiger partial charge in [-0.15, -0.1) is 0 Å². The predicted octanol–water partition coefficient (Wildman–Crippen LogP) is 1.18. The number of hydrogen-bond acceptors (Lipinski definition) is 3. The van der Waals surface area contributed by atoms with Crippen LogP contribution in [0.1, 0.15) is 28.8 Å². The molecule has 1 aromatic carbocycles. The lowest BCUT2D eigenvalue weighted by Gasteiger charge is -2.10. The minimum absolute atomic E-state index is 0.131. The van der Waals surface area contributed by atoms with Gasteiger partial charge in [-0.25, -0.2) is 4.79 Å². The molecular weight excluding hydrogens is 234 g/mol. The van der Waals surface area contributed by atoms with E-state index in [9.17, 15) is 9.59 Å². The number of rotatable bonds is 4. The molecule has 2 rings (SSSR count). The van der Waals surface area contributed by atoms with Gasteiger partial charge in [0.25, 0.3) is 0 Å². The summed E-state index contributed by atoms with van der Waals surface area (Å²) in [5, 5.41) is 11.6. The number of carboxylic acids is 1. The Balaban J connectivity index is 1.91. The van der Waals surface area contributed by atoms with E-state index in [1.807, 2.05) is 0 Å². The van der Waals surface area contributed by atoms with Crippen molar-refractivity contribution in [3.8, 4) is 0 Å². The van der Waals surface area contributed by atoms with E-state index < -0.39 is 5.97 Å². The Labute approximate surface area is 105 Å². The first-order chi connectivity index (χ1) is 8.66. The number of benzene rings is 1. The fourth-order valence-electron chi connectivity index (χ4n) is 1.90. The summed E-state index contributed by atoms with van der Waals surface area (Å²) in [5.41, 5.74) is 0.986. The topological polar surface area (TPSA) is 75.6 Å². The number of carbonyl (C=O) groups is 2. The Morgan fingerprint density at radius 3 is 2.94 bits per heavy atom. The van der Waals surface area contributed by atoms with Gasteiger partial charge < -0.3 is 15.2 Å². The zero-order valence-electron chi connectivity index (χ0n) is 9.89. The summed E-state index contributed by atoms with van der Waals surface area (Å²) in [7, 11) is 0. The first-order valence-corrected chi connectivity index (χ1v) is 5.88. The van der Waals surface area contributed by atoms with Gasteiger partial charge >= 0.3 is 5.97 Å². The average Bonchev–Trinajstić information content (AvgIpc) is 2.90. The third-order valence-electron chi connectivity index (χ3n) is 2.86. The Hall–Kier alpha value is -1.88. The Morgan fingerprint density at radius 1 is 1.44 bits per heavy atom. The van der Waals surface area contributed by atoms with Crippen molar-refractivity contribution in [1.82, 2.24) is 5.32 Å². The van der Waals surface area contributed by atoms with Crippen molar-refractivity contribution in [2.24, 2.45) is 0 Å². The van der Waals surface area contributed by atoms with Crippen LogP contribution < -0.4 is 5.32 Å². The lowest BCUT2D eigenvalue weighted by Crippen LogP contribution is -2.33. The van der Waals surface area contributed by atoms with Crippen molar-refractivity contribution in [1.29, 1.82) is 0 Å². The predicted molar refractivity (Wildman–Crippen MR) is 64.2 cm³/mol. The molecule has 1 heterocycles. The Kier molecular flexibility index (Phi) is 3.94. The highest BCUT2D eigenvalue weighted by Gasteiger charge is 2.22. The molecule has 0 unspecified atom stereocenters. The fourth-order valence-corrected chi connectivity index (χ4v) is 1.90. The number of carboxylic acid groups (broad SMARTS) is 1. The van der Waals surface area contributed by atoms with Crippen LogP contribution in [0.5, 0.6) is 0 Å². The van der Waals surface area contributed by atoms with Gasteiger partial charge in [0.15, 0.2) is 0 Å². The molecule has 18 heavy (non-hydrogen) atoms. The second-order valence-corrected chi connectivity index (χ2v) is 4.22. The van der Waals surface area contributed by atoms with Crippen molar-refractivity contribution in [3.05, 3.63) is 35.4 Å². The van der Waals surface area contributed by atoms with Crippen molar-refractivity contribution in [3.63, 3.8) is 0 Å². The SMILES string of the molecule is O=C(O)c1cccc(CNC(=O)[C@@H]2CCCO2)c1. The zero-order valence-corrected chi connectivity index (χ0v) is 9.89. The average molecular weight is 249 g/mol. The minimum Gasteiger partial charge on any atom is -0.478 e. The first kappa shape index (κ1) is 12.6. The van der Waals surface area contributed by atoms with E-state index in [2.05, 4.69) is 5.32 Å². The van der Waals surface area contributed by atoms with E-state index >= 15 is 0 Å². The molecule has 1 amide bonds. The minimum atomic E-state index is -0.970. The van der Waals surface area contributed by atoms with E-state index in [4.69, 9.17) is 9.84 Å². The van der Waals surface area contributed by atoms with Crippen molar-refractivity contribution in [2.45, 2.75) is 25.5 Å². The van der Waals surface area contributed by atoms with Gasteiger partial charge in [-0.2, -0.15) is 0 Å². The number of carbonyl (C=O) groups excluding carboxylic acids is 1. The molecule has 0 aliphatic carbocycles. The molecule has 0 radical (unpaired) electrons. The quantitative estimate of drug-likeness (QED) is 0.840. The van der Waals surface area contributed by atoms with Gasteiger partial charge in [-0.1, -0.05) is 12.1 Å². The monoisotopic (exact) mass is 249 g/mol. The molecule has 1 fully saturated rings. The highest BCUT2D eigenvalue weighted by Crippen LogP contribution is 2.12. The molecule has 5 nitrogen and oxygen atoms in total. The summed E-state index contributed by atoms with van der Waals surface area (Å²) in [6.45, 7) is 0.951. The van der Waals surface area contributed by atoms with Crippen LogP contribution in [0.3, 0.4) is 0 Å². The van der Waals surface area contributed by atoms with Crippen LogP contribution in [0.15, 0.2) is 24.3 Å². The van der Waals surface area contributed by atoms with Crippen LogP contribution in [0.2, 0.25) is 0 Å². The molecular formula is C13H15NO4. The van der Waals surface area contributed by atoms with E-state index in [0.29, 0.717) is 13.2 Å². The fraction of sp³-hybridized carbons (Fsp3) is 0.385. The summed E-state index contributed by atoms with van der Waals surface area (Å²) in [5.74, 6) is -1.10. The Morgan fingerprint density at radius 2 is 2.28 bits per heavy atom. The molecule has 1 aromatic rings. The largest absolute Gasteiger partial charge is 0.478 e. The van der Waals surface area contributed by atoms with Gasteiger partial charge in [0, 0.05) is 13.2 Å². The number of aromatic carboxylic acids is 1. The second kappa shape index (κ2) is 5.64. The maximum Gasteiger partial charge on any atom is 0.335 e. The normalized spacial score (nSPS) is 18.6. The maximum absolute atomic E-state index is 11.7. The van der Waals surface area contributed by atoms with Crippen molar-refractivity contribution in [2.75, 3.05) is 6.61 Å². The second-order valence-electron chi connectivity index (χ2n) is 4.22. The maximum atomic E-state index is 11.7. The lowest BCUT2D eigenvalue weighted by molar-refractivity contribution is -0.130. The molecule has 1 aliphatic rings. The zero-order chi connectivity index (χ0) is 13.0. The summed E-state index contributed by atoms with van der Waals surface area (Å²) < 4.78 is 5.26. The number of ether oxygens (including phenoxy) is 1. The lowest BCUT2D eigenvalue weighted by atomic mass is 10.1. The van der Waals surface area contributed by atoms with Crippen LogP contribution >= 0.6 is 0 Å². The molecule has 5 heteroatoms. The van der Waals surface area contributed by atoms with Crippen LogP contribution in [-0.4, -0.2) is 29.7 Å². The van der Waals surface area contributed by atoms with Crippen molar-refractivity contribution >= 4 is 11.9 Å². The van der Waals surface area contributed by atoms with Gasteiger partial charge in [0.2, 0.25) is 5.91 Å². The number of amides is 1. The summed E-state index contributed by atoms with van der Waals surface area (Å²) in [4.78, 5) is 22.5. The van der Waals surface area contributed by atoms with E-state index in [-0.39, 0.29) is 17.6 Å².